The molecule has 2 N–H and O–H groups in total. The number of piperidine rings is 1. The monoisotopic (exact) mass is 531 g/mol. The highest BCUT2D eigenvalue weighted by Crippen LogP contribution is 2.32. The summed E-state index contributed by atoms with van der Waals surface area (Å²) in [5.41, 5.74) is 7.46. The zero-order chi connectivity index (χ0) is 26.0. The lowest BCUT2D eigenvalue weighted by atomic mass is 9.88. The van der Waals surface area contributed by atoms with Gasteiger partial charge in [0.25, 0.3) is 5.91 Å². The van der Waals surface area contributed by atoms with Gasteiger partial charge in [-0.3, -0.25) is 4.79 Å². The molecule has 2 aromatic heterocycles. The lowest BCUT2D eigenvalue weighted by molar-refractivity contribution is 0.0996. The second-order valence-corrected chi connectivity index (χ2v) is 10.3. The van der Waals surface area contributed by atoms with Gasteiger partial charge in [-0.25, -0.2) is 14.6 Å². The Hall–Kier alpha value is -2.42. The first-order valence-corrected chi connectivity index (χ1v) is 13.5. The maximum Gasteiger partial charge on any atom is 0.271 e. The molecule has 1 fully saturated rings. The van der Waals surface area contributed by atoms with Crippen LogP contribution in [0.25, 0.3) is 11.2 Å². The molecule has 194 valence electrons. The van der Waals surface area contributed by atoms with Crippen molar-refractivity contribution < 1.29 is 4.79 Å². The van der Waals surface area contributed by atoms with E-state index in [1.807, 2.05) is 13.0 Å². The average molecular weight is 533 g/mol. The lowest BCUT2D eigenvalue weighted by Crippen LogP contribution is -2.51. The van der Waals surface area contributed by atoms with Crippen molar-refractivity contribution in [2.75, 3.05) is 31.1 Å². The number of hydrogen-bond acceptors (Lipinski definition) is 6. The van der Waals surface area contributed by atoms with E-state index >= 15 is 0 Å². The van der Waals surface area contributed by atoms with E-state index in [2.05, 4.69) is 40.7 Å². The Morgan fingerprint density at radius 1 is 1.28 bits per heavy atom. The molecule has 0 aliphatic carbocycles. The molecule has 3 atom stereocenters. The Morgan fingerprint density at radius 2 is 2.06 bits per heavy atom. The van der Waals surface area contributed by atoms with Gasteiger partial charge >= 0.3 is 0 Å². The second-order valence-electron chi connectivity index (χ2n) is 9.50. The normalized spacial score (nSPS) is 19.2. The third-order valence-electron chi connectivity index (χ3n) is 7.33. The summed E-state index contributed by atoms with van der Waals surface area (Å²) in [5, 5.41) is 5.58. The van der Waals surface area contributed by atoms with Gasteiger partial charge in [-0.1, -0.05) is 56.5 Å². The zero-order valence-corrected chi connectivity index (χ0v) is 22.9. The Balaban J connectivity index is 1.70. The summed E-state index contributed by atoms with van der Waals surface area (Å²) in [7, 11) is 0. The summed E-state index contributed by atoms with van der Waals surface area (Å²) in [6.07, 6.45) is 5.08. The molecular formula is C26H35Cl2N7O. The van der Waals surface area contributed by atoms with Crippen LogP contribution in [0.5, 0.6) is 0 Å². The van der Waals surface area contributed by atoms with E-state index < -0.39 is 5.91 Å². The molecule has 3 aromatic rings. The summed E-state index contributed by atoms with van der Waals surface area (Å²) < 4.78 is 1.69. The van der Waals surface area contributed by atoms with Crippen LogP contribution in [-0.2, 0) is 0 Å². The molecule has 3 heterocycles. The molecule has 4 rings (SSSR count). The fraction of sp³-hybridized carbons (Fsp3) is 0.538. The van der Waals surface area contributed by atoms with Crippen LogP contribution in [0.15, 0.2) is 24.4 Å². The van der Waals surface area contributed by atoms with Gasteiger partial charge in [0.1, 0.15) is 11.3 Å². The van der Waals surface area contributed by atoms with Crippen LogP contribution in [0.4, 0.5) is 5.82 Å². The van der Waals surface area contributed by atoms with E-state index in [1.165, 1.54) is 0 Å². The number of nitrogens with zero attached hydrogens (tertiary/aromatic N) is 6. The molecule has 3 unspecified atom stereocenters. The Labute approximate surface area is 222 Å². The first kappa shape index (κ1) is 26.6. The smallest absolute Gasteiger partial charge is 0.271 e. The number of rotatable bonds is 9. The predicted molar refractivity (Wildman–Crippen MR) is 146 cm³/mol. The fourth-order valence-electron chi connectivity index (χ4n) is 5.42. The minimum atomic E-state index is -0.641. The van der Waals surface area contributed by atoms with Gasteiger partial charge < -0.3 is 15.5 Å². The van der Waals surface area contributed by atoms with E-state index in [0.717, 1.165) is 56.8 Å². The van der Waals surface area contributed by atoms with Crippen LogP contribution in [0.2, 0.25) is 10.0 Å². The molecule has 1 aliphatic rings. The van der Waals surface area contributed by atoms with Crippen molar-refractivity contribution in [3.63, 3.8) is 0 Å². The number of benzene rings is 1. The van der Waals surface area contributed by atoms with E-state index in [9.17, 15) is 4.79 Å². The molecule has 1 amide bonds. The van der Waals surface area contributed by atoms with Crippen molar-refractivity contribution in [3.8, 4) is 0 Å². The molecule has 8 nitrogen and oxygen atoms in total. The molecule has 0 bridgehead atoms. The van der Waals surface area contributed by atoms with Gasteiger partial charge in [0.2, 0.25) is 0 Å². The second kappa shape index (κ2) is 11.3. The highest BCUT2D eigenvalue weighted by Gasteiger charge is 2.32. The van der Waals surface area contributed by atoms with Crippen molar-refractivity contribution in [1.29, 1.82) is 0 Å². The first-order chi connectivity index (χ1) is 17.3. The fourth-order valence-corrected chi connectivity index (χ4v) is 5.98. The Morgan fingerprint density at radius 3 is 2.69 bits per heavy atom. The average Bonchev–Trinajstić information content (AvgIpc) is 3.26. The van der Waals surface area contributed by atoms with Crippen molar-refractivity contribution in [2.45, 2.75) is 59.0 Å². The van der Waals surface area contributed by atoms with Crippen LogP contribution in [0, 0.1) is 5.92 Å². The van der Waals surface area contributed by atoms with E-state index in [0.29, 0.717) is 33.2 Å². The third kappa shape index (κ3) is 5.17. The number of primary amides is 1. The molecule has 1 aromatic carbocycles. The minimum absolute atomic E-state index is 0.101. The zero-order valence-electron chi connectivity index (χ0n) is 21.4. The highest BCUT2D eigenvalue weighted by molar-refractivity contribution is 6.35. The van der Waals surface area contributed by atoms with Gasteiger partial charge in [0.15, 0.2) is 11.3 Å². The van der Waals surface area contributed by atoms with Crippen molar-refractivity contribution in [2.24, 2.45) is 11.7 Å². The van der Waals surface area contributed by atoms with Gasteiger partial charge in [-0.15, -0.1) is 0 Å². The van der Waals surface area contributed by atoms with Gasteiger partial charge in [0, 0.05) is 29.2 Å². The standard InChI is InChI=1S/C26H35Cl2N7O/c1-5-11-33(7-3)21-10-12-34(15-17(21)6-2)22-14-30-24-23(25(29)36)32-35(26(24)31-22)16(4)19-9-8-18(27)13-20(19)28/h8-9,13-14,16-17,21H,5-7,10-12,15H2,1-4H3,(H2,29,36). The number of carbonyl (C=O) groups is 1. The minimum Gasteiger partial charge on any atom is -0.364 e. The molecule has 0 saturated carbocycles. The summed E-state index contributed by atoms with van der Waals surface area (Å²) >= 11 is 12.6. The van der Waals surface area contributed by atoms with Crippen LogP contribution in [0.3, 0.4) is 0 Å². The molecule has 0 spiro atoms. The molecule has 1 aliphatic heterocycles. The summed E-state index contributed by atoms with van der Waals surface area (Å²) in [5.74, 6) is 0.683. The maximum atomic E-state index is 12.2. The number of nitrogens with two attached hydrogens (primary N) is 1. The van der Waals surface area contributed by atoms with Crippen LogP contribution < -0.4 is 10.6 Å². The number of halogens is 2. The number of hydrogen-bond donors (Lipinski definition) is 1. The van der Waals surface area contributed by atoms with Crippen LogP contribution in [-0.4, -0.2) is 62.8 Å². The summed E-state index contributed by atoms with van der Waals surface area (Å²) in [4.78, 5) is 26.7. The SMILES string of the molecule is CCCN(CC)C1CCN(c2cnc3c(C(N)=O)nn(C(C)c4ccc(Cl)cc4Cl)c3n2)CC1CC. The Kier molecular flexibility index (Phi) is 8.37. The molecule has 10 heteroatoms. The quantitative estimate of drug-likeness (QED) is 0.408. The first-order valence-electron chi connectivity index (χ1n) is 12.8. The number of fused-ring (bicyclic) bond motifs is 1. The van der Waals surface area contributed by atoms with Gasteiger partial charge in [-0.2, -0.15) is 5.10 Å². The van der Waals surface area contributed by atoms with Gasteiger partial charge in [0.05, 0.1) is 12.2 Å². The highest BCUT2D eigenvalue weighted by atomic mass is 35.5. The van der Waals surface area contributed by atoms with E-state index in [4.69, 9.17) is 33.9 Å². The van der Waals surface area contributed by atoms with Crippen molar-refractivity contribution in [3.05, 3.63) is 45.7 Å². The third-order valence-corrected chi connectivity index (χ3v) is 7.89. The van der Waals surface area contributed by atoms with E-state index in [-0.39, 0.29) is 11.7 Å². The number of amides is 1. The number of carbonyl (C=O) groups excluding carboxylic acids is 1. The maximum absolute atomic E-state index is 12.2. The number of anilines is 1. The number of aromatic nitrogens is 4. The molecule has 0 radical (unpaired) electrons. The van der Waals surface area contributed by atoms with Crippen molar-refractivity contribution >= 4 is 46.1 Å². The predicted octanol–water partition coefficient (Wildman–Crippen LogP) is 5.18. The van der Waals surface area contributed by atoms with E-state index in [1.54, 1.807) is 23.0 Å². The molecular weight excluding hydrogens is 497 g/mol. The molecule has 1 saturated heterocycles. The van der Waals surface area contributed by atoms with Crippen molar-refractivity contribution in [1.82, 2.24) is 24.6 Å². The van der Waals surface area contributed by atoms with Crippen LogP contribution >= 0.6 is 23.2 Å². The largest absolute Gasteiger partial charge is 0.364 e. The Bertz CT molecular complexity index is 1230. The molecule has 36 heavy (non-hydrogen) atoms. The van der Waals surface area contributed by atoms with Crippen LogP contribution in [0.1, 0.15) is 69.1 Å². The summed E-state index contributed by atoms with van der Waals surface area (Å²) in [6.45, 7) is 12.7. The topological polar surface area (TPSA) is 93.2 Å². The lowest BCUT2D eigenvalue weighted by Gasteiger charge is -2.44. The summed E-state index contributed by atoms with van der Waals surface area (Å²) in [6, 6.07) is 5.60. The van der Waals surface area contributed by atoms with Gasteiger partial charge in [-0.05, 0) is 56.5 Å².